The summed E-state index contributed by atoms with van der Waals surface area (Å²) in [6, 6.07) is 17.2. The Morgan fingerprint density at radius 2 is 1.63 bits per heavy atom. The molecule has 1 aromatic heterocycles. The average molecular weight is 363 g/mol. The Morgan fingerprint density at radius 1 is 0.889 bits per heavy atom. The number of likely N-dealkylation sites (tertiary alicyclic amines) is 1. The topological polar surface area (TPSA) is 17.4 Å². The molecule has 0 radical (unpaired) electrons. The summed E-state index contributed by atoms with van der Waals surface area (Å²) in [5, 5.41) is 1.34. The molecule has 27 heavy (non-hydrogen) atoms. The lowest BCUT2D eigenvalue weighted by atomic mass is 10.2. The smallest absolute Gasteiger partial charge is 0.119 e. The fourth-order valence-corrected chi connectivity index (χ4v) is 4.10. The molecule has 0 unspecified atom stereocenters. The number of aryl methyl sites for hydroxylation is 1. The van der Waals surface area contributed by atoms with Crippen molar-refractivity contribution in [3.05, 3.63) is 65.9 Å². The van der Waals surface area contributed by atoms with Crippen LogP contribution < -0.4 is 4.74 Å². The van der Waals surface area contributed by atoms with Gasteiger partial charge in [-0.2, -0.15) is 0 Å². The van der Waals surface area contributed by atoms with E-state index in [9.17, 15) is 0 Å². The van der Waals surface area contributed by atoms with Gasteiger partial charge >= 0.3 is 0 Å². The van der Waals surface area contributed by atoms with E-state index in [0.29, 0.717) is 0 Å². The summed E-state index contributed by atoms with van der Waals surface area (Å²) in [6.07, 6.45) is 7.69. The maximum absolute atomic E-state index is 5.98. The van der Waals surface area contributed by atoms with E-state index in [0.717, 1.165) is 25.4 Å². The Balaban J connectivity index is 1.33. The first-order chi connectivity index (χ1) is 13.3. The van der Waals surface area contributed by atoms with Crippen LogP contribution in [0.15, 0.2) is 54.7 Å². The van der Waals surface area contributed by atoms with Crippen molar-refractivity contribution in [3.63, 3.8) is 0 Å². The third-order valence-electron chi connectivity index (χ3n) is 5.64. The van der Waals surface area contributed by atoms with Crippen molar-refractivity contribution >= 4 is 10.9 Å². The summed E-state index contributed by atoms with van der Waals surface area (Å²) in [7, 11) is 0. The first-order valence-electron chi connectivity index (χ1n) is 10.3. The van der Waals surface area contributed by atoms with E-state index in [2.05, 4.69) is 71.1 Å². The fraction of sp³-hybridized carbons (Fsp3) is 0.417. The summed E-state index contributed by atoms with van der Waals surface area (Å²) < 4.78 is 8.31. The summed E-state index contributed by atoms with van der Waals surface area (Å²) in [5.41, 5.74) is 3.93. The number of nitrogens with zero attached hydrogens (tertiary/aromatic N) is 2. The van der Waals surface area contributed by atoms with Crippen molar-refractivity contribution in [1.82, 2.24) is 9.47 Å². The molecule has 0 bridgehead atoms. The van der Waals surface area contributed by atoms with Crippen LogP contribution in [0, 0.1) is 6.92 Å². The highest BCUT2D eigenvalue weighted by Crippen LogP contribution is 2.22. The Kier molecular flexibility index (Phi) is 5.78. The number of aromatic nitrogens is 1. The van der Waals surface area contributed by atoms with Gasteiger partial charge in [-0.15, -0.1) is 0 Å². The normalized spacial score (nSPS) is 15.7. The number of fused-ring (bicyclic) bond motifs is 1. The van der Waals surface area contributed by atoms with Gasteiger partial charge in [-0.05, 0) is 62.2 Å². The first-order valence-corrected chi connectivity index (χ1v) is 10.3. The van der Waals surface area contributed by atoms with Gasteiger partial charge in [-0.3, -0.25) is 4.90 Å². The molecule has 0 aliphatic carbocycles. The molecule has 1 aliphatic heterocycles. The molecule has 0 amide bonds. The molecule has 1 aliphatic rings. The van der Waals surface area contributed by atoms with E-state index in [1.807, 2.05) is 0 Å². The van der Waals surface area contributed by atoms with Gasteiger partial charge in [-0.25, -0.2) is 0 Å². The maximum atomic E-state index is 5.98. The van der Waals surface area contributed by atoms with Gasteiger partial charge in [0.2, 0.25) is 0 Å². The standard InChI is InChI=1S/C24H30N2O/c1-20-18-26(24-9-5-4-8-23(20)24)19-21-10-12-22(13-11-21)27-17-16-25-14-6-2-3-7-15-25/h4-5,8-13,18H,2-3,6-7,14-17,19H2,1H3. The van der Waals surface area contributed by atoms with Crippen LogP contribution in [0.25, 0.3) is 10.9 Å². The van der Waals surface area contributed by atoms with Gasteiger partial charge in [0.05, 0.1) is 0 Å². The van der Waals surface area contributed by atoms with E-state index < -0.39 is 0 Å². The van der Waals surface area contributed by atoms with Crippen molar-refractivity contribution < 1.29 is 4.74 Å². The lowest BCUT2D eigenvalue weighted by Gasteiger charge is -2.19. The Bertz CT molecular complexity index is 858. The molecule has 1 saturated heterocycles. The van der Waals surface area contributed by atoms with Crippen LogP contribution in [0.1, 0.15) is 36.8 Å². The van der Waals surface area contributed by atoms with Gasteiger partial charge in [0.1, 0.15) is 12.4 Å². The summed E-state index contributed by atoms with van der Waals surface area (Å²) in [5.74, 6) is 0.974. The molecular formula is C24H30N2O. The molecule has 2 aromatic carbocycles. The number of hydrogen-bond donors (Lipinski definition) is 0. The van der Waals surface area contributed by atoms with Crippen LogP contribution in [0.3, 0.4) is 0 Å². The van der Waals surface area contributed by atoms with Gasteiger partial charge in [0, 0.05) is 30.2 Å². The van der Waals surface area contributed by atoms with Gasteiger partial charge in [0.15, 0.2) is 0 Å². The van der Waals surface area contributed by atoms with E-state index in [1.54, 1.807) is 0 Å². The molecule has 3 aromatic rings. The number of benzene rings is 2. The highest BCUT2D eigenvalue weighted by molar-refractivity contribution is 5.83. The van der Waals surface area contributed by atoms with Crippen molar-refractivity contribution in [2.75, 3.05) is 26.2 Å². The van der Waals surface area contributed by atoms with E-state index in [-0.39, 0.29) is 0 Å². The van der Waals surface area contributed by atoms with Crippen LogP contribution in [0.4, 0.5) is 0 Å². The summed E-state index contributed by atoms with van der Waals surface area (Å²) in [6.45, 7) is 7.35. The molecule has 0 saturated carbocycles. The SMILES string of the molecule is Cc1cn(Cc2ccc(OCCN3CCCCCC3)cc2)c2ccccc12. The van der Waals surface area contributed by atoms with Crippen molar-refractivity contribution in [3.8, 4) is 5.75 Å². The number of hydrogen-bond acceptors (Lipinski definition) is 2. The minimum Gasteiger partial charge on any atom is -0.492 e. The van der Waals surface area contributed by atoms with Gasteiger partial charge in [-0.1, -0.05) is 43.2 Å². The van der Waals surface area contributed by atoms with Gasteiger partial charge in [0.25, 0.3) is 0 Å². The molecule has 0 spiro atoms. The lowest BCUT2D eigenvalue weighted by molar-refractivity contribution is 0.214. The number of rotatable bonds is 6. The minimum absolute atomic E-state index is 0.779. The zero-order valence-electron chi connectivity index (χ0n) is 16.4. The molecule has 4 rings (SSSR count). The molecule has 2 heterocycles. The van der Waals surface area contributed by atoms with Gasteiger partial charge < -0.3 is 9.30 Å². The van der Waals surface area contributed by atoms with Crippen molar-refractivity contribution in [2.45, 2.75) is 39.2 Å². The third kappa shape index (κ3) is 4.54. The second-order valence-corrected chi connectivity index (χ2v) is 7.71. The largest absolute Gasteiger partial charge is 0.492 e. The molecule has 3 nitrogen and oxygen atoms in total. The summed E-state index contributed by atoms with van der Waals surface area (Å²) in [4.78, 5) is 2.54. The minimum atomic E-state index is 0.779. The van der Waals surface area contributed by atoms with Crippen LogP contribution in [0.2, 0.25) is 0 Å². The van der Waals surface area contributed by atoms with E-state index in [4.69, 9.17) is 4.74 Å². The molecule has 3 heteroatoms. The third-order valence-corrected chi connectivity index (χ3v) is 5.64. The molecule has 142 valence electrons. The maximum Gasteiger partial charge on any atom is 0.119 e. The predicted molar refractivity (Wildman–Crippen MR) is 113 cm³/mol. The zero-order chi connectivity index (χ0) is 18.5. The number of ether oxygens (including phenoxy) is 1. The van der Waals surface area contributed by atoms with Crippen LogP contribution in [0.5, 0.6) is 5.75 Å². The van der Waals surface area contributed by atoms with Crippen LogP contribution in [-0.4, -0.2) is 35.7 Å². The zero-order valence-corrected chi connectivity index (χ0v) is 16.4. The lowest BCUT2D eigenvalue weighted by Crippen LogP contribution is -2.29. The Hall–Kier alpha value is -2.26. The molecule has 0 atom stereocenters. The van der Waals surface area contributed by atoms with Crippen molar-refractivity contribution in [1.29, 1.82) is 0 Å². The highest BCUT2D eigenvalue weighted by Gasteiger charge is 2.09. The first kappa shape index (κ1) is 18.1. The molecule has 0 N–H and O–H groups in total. The quantitative estimate of drug-likeness (QED) is 0.596. The highest BCUT2D eigenvalue weighted by atomic mass is 16.5. The number of para-hydroxylation sites is 1. The second-order valence-electron chi connectivity index (χ2n) is 7.71. The van der Waals surface area contributed by atoms with Crippen molar-refractivity contribution in [2.24, 2.45) is 0 Å². The monoisotopic (exact) mass is 362 g/mol. The van der Waals surface area contributed by atoms with E-state index in [1.165, 1.54) is 60.8 Å². The average Bonchev–Trinajstić information content (AvgIpc) is 2.86. The predicted octanol–water partition coefficient (Wildman–Crippen LogP) is 5.25. The fourth-order valence-electron chi connectivity index (χ4n) is 4.10. The summed E-state index contributed by atoms with van der Waals surface area (Å²) >= 11 is 0. The Morgan fingerprint density at radius 3 is 2.41 bits per heavy atom. The Labute approximate surface area is 162 Å². The molecular weight excluding hydrogens is 332 g/mol. The van der Waals surface area contributed by atoms with E-state index >= 15 is 0 Å². The van der Waals surface area contributed by atoms with Crippen LogP contribution >= 0.6 is 0 Å². The van der Waals surface area contributed by atoms with Crippen LogP contribution in [-0.2, 0) is 6.54 Å². The second kappa shape index (κ2) is 8.62. The molecule has 1 fully saturated rings.